The number of carbonyl (C=O) groups excluding carboxylic acids is 6. The number of ketones is 1. The summed E-state index contributed by atoms with van der Waals surface area (Å²) in [4.78, 5) is 90.7. The first kappa shape index (κ1) is 36.9. The van der Waals surface area contributed by atoms with Crippen LogP contribution in [0.5, 0.6) is 0 Å². The lowest BCUT2D eigenvalue weighted by molar-refractivity contribution is -0.146. The molecule has 264 valence electrons. The summed E-state index contributed by atoms with van der Waals surface area (Å²) in [6.45, 7) is 13.6. The average molecular weight is 668 g/mol. The zero-order chi connectivity index (χ0) is 35.4. The van der Waals surface area contributed by atoms with E-state index in [-0.39, 0.29) is 35.4 Å². The maximum atomic E-state index is 14.5. The van der Waals surface area contributed by atoms with E-state index in [0.29, 0.717) is 19.4 Å². The second kappa shape index (κ2) is 15.1. The molecule has 1 aromatic heterocycles. The summed E-state index contributed by atoms with van der Waals surface area (Å²) in [5.74, 6) is -3.29. The first-order valence-electron chi connectivity index (χ1n) is 17.3. The summed E-state index contributed by atoms with van der Waals surface area (Å²) in [6.07, 6.45) is 9.55. The van der Waals surface area contributed by atoms with Crippen molar-refractivity contribution in [1.82, 2.24) is 36.1 Å². The molecule has 3 fully saturated rings. The van der Waals surface area contributed by atoms with Gasteiger partial charge < -0.3 is 26.2 Å². The molecule has 0 radical (unpaired) electrons. The summed E-state index contributed by atoms with van der Waals surface area (Å²) in [6, 6.07) is -3.82. The van der Waals surface area contributed by atoms with Crippen molar-refractivity contribution in [1.29, 1.82) is 0 Å². The Bertz CT molecular complexity index is 1370. The third kappa shape index (κ3) is 9.37. The van der Waals surface area contributed by atoms with Crippen LogP contribution in [-0.4, -0.2) is 86.9 Å². The minimum atomic E-state index is -1.02. The van der Waals surface area contributed by atoms with Gasteiger partial charge in [-0.2, -0.15) is 0 Å². The number of nitrogens with zero attached hydrogens (tertiary/aromatic N) is 3. The summed E-state index contributed by atoms with van der Waals surface area (Å²) in [7, 11) is 0. The van der Waals surface area contributed by atoms with Crippen molar-refractivity contribution in [3.63, 3.8) is 0 Å². The number of likely N-dealkylation sites (tertiary alicyclic amines) is 1. The van der Waals surface area contributed by atoms with Crippen molar-refractivity contribution >= 4 is 35.3 Å². The van der Waals surface area contributed by atoms with Gasteiger partial charge in [0.1, 0.15) is 23.8 Å². The largest absolute Gasteiger partial charge is 0.347 e. The number of aromatic nitrogens is 2. The van der Waals surface area contributed by atoms with Gasteiger partial charge in [0.2, 0.25) is 23.5 Å². The van der Waals surface area contributed by atoms with E-state index >= 15 is 0 Å². The molecule has 4 N–H and O–H groups in total. The number of carbonyl (C=O) groups is 6. The summed E-state index contributed by atoms with van der Waals surface area (Å²) >= 11 is 0. The minimum Gasteiger partial charge on any atom is -0.347 e. The second-order valence-corrected chi connectivity index (χ2v) is 15.9. The maximum absolute atomic E-state index is 14.5. The van der Waals surface area contributed by atoms with Gasteiger partial charge in [0, 0.05) is 25.0 Å². The first-order valence-corrected chi connectivity index (χ1v) is 17.3. The standard InChI is InChI=1S/C35H53N7O6/c1-8-10-23(27(43)32(47)38-21-13-14-21)39-31(46)26-22-12-9-11-20(22)19-42(26)33(48)28(35(5,6)7)41-29(44)24(17-34(2,3)4)40-30(45)25-18-36-15-16-37-25/h15-16,18,20-24,26,28H,8-14,17,19H2,1-7H3,(H,38,47)(H,39,46)(H,40,45)(H,41,44)/t20?,22?,23?,24-,26-,28+/m0/s1. The fourth-order valence-corrected chi connectivity index (χ4v) is 6.85. The van der Waals surface area contributed by atoms with Crippen LogP contribution in [0.25, 0.3) is 0 Å². The van der Waals surface area contributed by atoms with E-state index in [0.717, 1.165) is 32.1 Å². The van der Waals surface area contributed by atoms with E-state index in [1.165, 1.54) is 18.6 Å². The summed E-state index contributed by atoms with van der Waals surface area (Å²) in [5, 5.41) is 11.3. The Hall–Kier alpha value is -3.90. The minimum absolute atomic E-state index is 0.00879. The van der Waals surface area contributed by atoms with E-state index in [1.807, 2.05) is 48.5 Å². The lowest BCUT2D eigenvalue weighted by Gasteiger charge is -2.37. The highest BCUT2D eigenvalue weighted by Gasteiger charge is 2.52. The summed E-state index contributed by atoms with van der Waals surface area (Å²) in [5.41, 5.74) is -1.04. The molecule has 3 aliphatic rings. The van der Waals surface area contributed by atoms with Crippen LogP contribution < -0.4 is 21.3 Å². The fraction of sp³-hybridized carbons (Fsp3) is 0.714. The van der Waals surface area contributed by atoms with Gasteiger partial charge in [-0.05, 0) is 61.2 Å². The molecule has 0 aromatic carbocycles. The monoisotopic (exact) mass is 667 g/mol. The molecule has 2 heterocycles. The molecule has 1 aliphatic heterocycles. The zero-order valence-corrected chi connectivity index (χ0v) is 29.4. The molecule has 0 bridgehead atoms. The highest BCUT2D eigenvalue weighted by Crippen LogP contribution is 2.43. The number of rotatable bonds is 13. The molecule has 2 saturated carbocycles. The Balaban J connectivity index is 1.55. The van der Waals surface area contributed by atoms with Crippen LogP contribution in [0.3, 0.4) is 0 Å². The van der Waals surface area contributed by atoms with E-state index in [4.69, 9.17) is 0 Å². The van der Waals surface area contributed by atoms with Gasteiger partial charge in [0.05, 0.1) is 12.2 Å². The predicted octanol–water partition coefficient (Wildman–Crippen LogP) is 2.30. The molecule has 48 heavy (non-hydrogen) atoms. The normalized spacial score (nSPS) is 22.6. The average Bonchev–Trinajstić information content (AvgIpc) is 3.57. The van der Waals surface area contributed by atoms with Gasteiger partial charge in [0.25, 0.3) is 11.8 Å². The molecule has 3 unspecified atom stereocenters. The molecule has 13 heteroatoms. The van der Waals surface area contributed by atoms with E-state index < -0.39 is 64.9 Å². The van der Waals surface area contributed by atoms with Crippen molar-refractivity contribution < 1.29 is 28.8 Å². The molecule has 5 amide bonds. The third-order valence-electron chi connectivity index (χ3n) is 9.42. The molecule has 0 spiro atoms. The van der Waals surface area contributed by atoms with Crippen LogP contribution >= 0.6 is 0 Å². The van der Waals surface area contributed by atoms with Gasteiger partial charge in [-0.1, -0.05) is 61.3 Å². The van der Waals surface area contributed by atoms with E-state index in [2.05, 4.69) is 31.2 Å². The molecule has 13 nitrogen and oxygen atoms in total. The topological polar surface area (TPSA) is 180 Å². The number of amides is 5. The molecule has 6 atom stereocenters. The first-order chi connectivity index (χ1) is 22.5. The van der Waals surface area contributed by atoms with Crippen LogP contribution in [0.1, 0.15) is 110 Å². The Labute approximate surface area is 283 Å². The van der Waals surface area contributed by atoms with E-state index in [9.17, 15) is 28.8 Å². The molecular weight excluding hydrogens is 614 g/mol. The Morgan fingerprint density at radius 3 is 2.21 bits per heavy atom. The van der Waals surface area contributed by atoms with Gasteiger partial charge >= 0.3 is 0 Å². The Kier molecular flexibility index (Phi) is 11.6. The molecule has 4 rings (SSSR count). The van der Waals surface area contributed by atoms with Crippen molar-refractivity contribution in [3.8, 4) is 0 Å². The van der Waals surface area contributed by atoms with Crippen molar-refractivity contribution in [3.05, 3.63) is 24.3 Å². The highest BCUT2D eigenvalue weighted by atomic mass is 16.2. The summed E-state index contributed by atoms with van der Waals surface area (Å²) < 4.78 is 0. The van der Waals surface area contributed by atoms with Crippen LogP contribution in [0.4, 0.5) is 0 Å². The van der Waals surface area contributed by atoms with Crippen LogP contribution in [0.2, 0.25) is 0 Å². The predicted molar refractivity (Wildman–Crippen MR) is 178 cm³/mol. The van der Waals surface area contributed by atoms with Crippen LogP contribution in [0.15, 0.2) is 18.6 Å². The Morgan fingerprint density at radius 1 is 0.917 bits per heavy atom. The van der Waals surface area contributed by atoms with E-state index in [1.54, 1.807) is 4.90 Å². The number of Topliss-reactive ketones (excluding diaryl/α,β-unsaturated/α-hetero) is 1. The molecule has 2 aliphatic carbocycles. The number of fused-ring (bicyclic) bond motifs is 1. The maximum Gasteiger partial charge on any atom is 0.289 e. The van der Waals surface area contributed by atoms with Crippen molar-refractivity contribution in [2.45, 2.75) is 130 Å². The van der Waals surface area contributed by atoms with Crippen LogP contribution in [-0.2, 0) is 24.0 Å². The molecular formula is C35H53N7O6. The van der Waals surface area contributed by atoms with Gasteiger partial charge in [-0.25, -0.2) is 4.98 Å². The Morgan fingerprint density at radius 2 is 1.62 bits per heavy atom. The lowest BCUT2D eigenvalue weighted by Crippen LogP contribution is -2.61. The van der Waals surface area contributed by atoms with Crippen molar-refractivity contribution in [2.24, 2.45) is 22.7 Å². The van der Waals surface area contributed by atoms with Gasteiger partial charge in [0.15, 0.2) is 0 Å². The molecule has 1 saturated heterocycles. The van der Waals surface area contributed by atoms with Crippen molar-refractivity contribution in [2.75, 3.05) is 6.54 Å². The zero-order valence-electron chi connectivity index (χ0n) is 29.4. The van der Waals surface area contributed by atoms with Gasteiger partial charge in [-0.3, -0.25) is 33.8 Å². The SMILES string of the molecule is CCCC(NC(=O)[C@@H]1C2CCCC2CN1C(=O)[C@@H](NC(=O)[C@H](CC(C)(C)C)NC(=O)c1cnccn1)C(C)(C)C)C(=O)C(=O)NC1CC1. The number of nitrogens with one attached hydrogen (secondary N) is 4. The highest BCUT2D eigenvalue weighted by molar-refractivity contribution is 6.38. The smallest absolute Gasteiger partial charge is 0.289 e. The number of hydrogen-bond donors (Lipinski definition) is 4. The molecule has 1 aromatic rings. The fourth-order valence-electron chi connectivity index (χ4n) is 6.85. The lowest BCUT2D eigenvalue weighted by atomic mass is 9.84. The number of hydrogen-bond acceptors (Lipinski definition) is 8. The van der Waals surface area contributed by atoms with Crippen LogP contribution in [0, 0.1) is 22.7 Å². The quantitative estimate of drug-likeness (QED) is 0.231. The third-order valence-corrected chi connectivity index (χ3v) is 9.42. The van der Waals surface area contributed by atoms with Gasteiger partial charge in [-0.15, -0.1) is 0 Å². The second-order valence-electron chi connectivity index (χ2n) is 15.9.